The lowest BCUT2D eigenvalue weighted by Gasteiger charge is -2.13. The van der Waals surface area contributed by atoms with Gasteiger partial charge in [0.2, 0.25) is 0 Å². The minimum atomic E-state index is -0.454. The molecule has 0 radical (unpaired) electrons. The Kier molecular flexibility index (Phi) is 9.26. The molecule has 172 valence electrons. The Hall–Kier alpha value is -3.39. The van der Waals surface area contributed by atoms with Crippen LogP contribution in [-0.4, -0.2) is 40.3 Å². The maximum atomic E-state index is 13.2. The first-order valence-corrected chi connectivity index (χ1v) is 11.8. The van der Waals surface area contributed by atoms with E-state index in [2.05, 4.69) is 10.3 Å². The Balaban J connectivity index is 1.72. The number of aryl methyl sites for hydroxylation is 1. The Morgan fingerprint density at radius 2 is 1.70 bits per heavy atom. The van der Waals surface area contributed by atoms with Crippen LogP contribution in [0.15, 0.2) is 76.8 Å². The maximum absolute atomic E-state index is 13.2. The quantitative estimate of drug-likeness (QED) is 0.202. The third kappa shape index (κ3) is 7.32. The van der Waals surface area contributed by atoms with Crippen molar-refractivity contribution in [3.05, 3.63) is 93.9 Å². The lowest BCUT2D eigenvalue weighted by Crippen LogP contribution is -2.35. The van der Waals surface area contributed by atoms with Gasteiger partial charge in [0, 0.05) is 12.7 Å². The van der Waals surface area contributed by atoms with E-state index in [0.717, 1.165) is 30.2 Å². The first kappa shape index (κ1) is 24.3. The summed E-state index contributed by atoms with van der Waals surface area (Å²) in [6.07, 6.45) is 2.87. The van der Waals surface area contributed by atoms with Gasteiger partial charge in [0.25, 0.3) is 11.5 Å². The number of esters is 1. The Bertz CT molecular complexity index is 1120. The zero-order valence-corrected chi connectivity index (χ0v) is 19.3. The van der Waals surface area contributed by atoms with E-state index >= 15 is 0 Å². The van der Waals surface area contributed by atoms with Crippen LogP contribution in [0.2, 0.25) is 0 Å². The zero-order chi connectivity index (χ0) is 23.5. The first-order valence-electron chi connectivity index (χ1n) is 10.8. The van der Waals surface area contributed by atoms with Gasteiger partial charge in [-0.25, -0.2) is 4.98 Å². The van der Waals surface area contributed by atoms with Gasteiger partial charge in [-0.15, -0.1) is 0 Å². The van der Waals surface area contributed by atoms with Crippen LogP contribution < -0.4 is 10.9 Å². The van der Waals surface area contributed by atoms with Crippen LogP contribution >= 0.6 is 11.8 Å². The summed E-state index contributed by atoms with van der Waals surface area (Å²) in [6, 6.07) is 19.4. The van der Waals surface area contributed by atoms with Crippen molar-refractivity contribution >= 4 is 23.6 Å². The second-order valence-corrected chi connectivity index (χ2v) is 8.21. The van der Waals surface area contributed by atoms with Crippen LogP contribution in [0.3, 0.4) is 0 Å². The summed E-state index contributed by atoms with van der Waals surface area (Å²) in [4.78, 5) is 42.0. The van der Waals surface area contributed by atoms with Crippen molar-refractivity contribution in [3.8, 4) is 0 Å². The molecule has 7 nitrogen and oxygen atoms in total. The highest BCUT2D eigenvalue weighted by molar-refractivity contribution is 7.99. The molecule has 8 heteroatoms. The van der Waals surface area contributed by atoms with E-state index in [1.807, 2.05) is 60.7 Å². The van der Waals surface area contributed by atoms with Gasteiger partial charge >= 0.3 is 5.97 Å². The Morgan fingerprint density at radius 3 is 2.36 bits per heavy atom. The van der Waals surface area contributed by atoms with Crippen LogP contribution in [0, 0.1) is 0 Å². The van der Waals surface area contributed by atoms with Gasteiger partial charge in [-0.3, -0.25) is 19.0 Å². The molecule has 0 atom stereocenters. The number of ether oxygens (including phenoxy) is 1. The molecule has 1 heterocycles. The molecular weight excluding hydrogens is 438 g/mol. The first-order chi connectivity index (χ1) is 16.1. The summed E-state index contributed by atoms with van der Waals surface area (Å²) in [6.45, 7) is 2.71. The fraction of sp³-hybridized carbons (Fsp3) is 0.280. The molecule has 3 rings (SSSR count). The molecule has 3 aromatic rings. The van der Waals surface area contributed by atoms with Gasteiger partial charge in [-0.2, -0.15) is 0 Å². The number of amides is 1. The second-order valence-electron chi connectivity index (χ2n) is 7.27. The highest BCUT2D eigenvalue weighted by Gasteiger charge is 2.18. The lowest BCUT2D eigenvalue weighted by atomic mass is 10.1. The number of carbonyl (C=O) groups excluding carboxylic acids is 2. The van der Waals surface area contributed by atoms with Crippen LogP contribution in [0.5, 0.6) is 0 Å². The van der Waals surface area contributed by atoms with Crippen molar-refractivity contribution in [2.45, 2.75) is 31.5 Å². The average Bonchev–Trinajstić information content (AvgIpc) is 2.83. The number of rotatable bonds is 11. The van der Waals surface area contributed by atoms with E-state index in [0.29, 0.717) is 11.7 Å². The van der Waals surface area contributed by atoms with Crippen LogP contribution in [0.4, 0.5) is 0 Å². The van der Waals surface area contributed by atoms with E-state index in [4.69, 9.17) is 4.74 Å². The molecule has 1 aromatic heterocycles. The summed E-state index contributed by atoms with van der Waals surface area (Å²) >= 11 is 1.11. The van der Waals surface area contributed by atoms with E-state index < -0.39 is 11.5 Å². The van der Waals surface area contributed by atoms with E-state index in [-0.39, 0.29) is 30.4 Å². The Morgan fingerprint density at radius 1 is 1.03 bits per heavy atom. The molecule has 0 bridgehead atoms. The Labute approximate surface area is 197 Å². The van der Waals surface area contributed by atoms with Crippen molar-refractivity contribution in [3.63, 3.8) is 0 Å². The fourth-order valence-corrected chi connectivity index (χ4v) is 3.97. The number of hydrogen-bond acceptors (Lipinski definition) is 6. The standard InChI is InChI=1S/C25H27N3O4S/c1-2-32-22(29)18-33-25-27-16-21(24(31)28(25)17-20-12-7-4-8-13-20)23(30)26-15-9-14-19-10-5-3-6-11-19/h3-8,10-13,16H,2,9,14-15,17-18H2,1H3,(H,26,30). The molecule has 1 amide bonds. The number of carbonyl (C=O) groups is 2. The smallest absolute Gasteiger partial charge is 0.316 e. The zero-order valence-electron chi connectivity index (χ0n) is 18.5. The monoisotopic (exact) mass is 465 g/mol. The molecule has 0 saturated heterocycles. The summed E-state index contributed by atoms with van der Waals surface area (Å²) in [7, 11) is 0. The third-order valence-corrected chi connectivity index (χ3v) is 5.80. The molecule has 0 fully saturated rings. The molecule has 0 aliphatic carbocycles. The van der Waals surface area contributed by atoms with Crippen molar-refractivity contribution in [2.24, 2.45) is 0 Å². The van der Waals surface area contributed by atoms with Crippen molar-refractivity contribution in [2.75, 3.05) is 18.9 Å². The van der Waals surface area contributed by atoms with Gasteiger partial charge in [0.05, 0.1) is 18.9 Å². The summed E-state index contributed by atoms with van der Waals surface area (Å²) in [5.74, 6) is -0.812. The van der Waals surface area contributed by atoms with E-state index in [1.165, 1.54) is 16.3 Å². The number of nitrogens with one attached hydrogen (secondary N) is 1. The number of nitrogens with zero attached hydrogens (tertiary/aromatic N) is 2. The lowest BCUT2D eigenvalue weighted by molar-refractivity contribution is -0.139. The van der Waals surface area contributed by atoms with Gasteiger partial charge in [0.15, 0.2) is 5.16 Å². The molecule has 0 spiro atoms. The number of hydrogen-bond donors (Lipinski definition) is 1. The number of aromatic nitrogens is 2. The van der Waals surface area contributed by atoms with Gasteiger partial charge < -0.3 is 10.1 Å². The van der Waals surface area contributed by atoms with Crippen molar-refractivity contribution < 1.29 is 14.3 Å². The molecular formula is C25H27N3O4S. The molecule has 2 aromatic carbocycles. The summed E-state index contributed by atoms with van der Waals surface area (Å²) in [5, 5.41) is 3.17. The molecule has 0 saturated carbocycles. The maximum Gasteiger partial charge on any atom is 0.316 e. The van der Waals surface area contributed by atoms with Gasteiger partial charge in [-0.1, -0.05) is 72.4 Å². The van der Waals surface area contributed by atoms with Gasteiger partial charge in [0.1, 0.15) is 5.56 Å². The fourth-order valence-electron chi connectivity index (χ4n) is 3.21. The molecule has 0 unspecified atom stereocenters. The minimum absolute atomic E-state index is 0.0221. The van der Waals surface area contributed by atoms with E-state index in [9.17, 15) is 14.4 Å². The summed E-state index contributed by atoms with van der Waals surface area (Å²) < 4.78 is 6.39. The SMILES string of the molecule is CCOC(=O)CSc1ncc(C(=O)NCCCc2ccccc2)c(=O)n1Cc1ccccc1. The molecule has 0 aliphatic heterocycles. The molecule has 33 heavy (non-hydrogen) atoms. The topological polar surface area (TPSA) is 90.3 Å². The van der Waals surface area contributed by atoms with Crippen LogP contribution in [0.25, 0.3) is 0 Å². The van der Waals surface area contributed by atoms with Crippen LogP contribution in [0.1, 0.15) is 34.8 Å². The van der Waals surface area contributed by atoms with Crippen molar-refractivity contribution in [1.82, 2.24) is 14.9 Å². The predicted molar refractivity (Wildman–Crippen MR) is 128 cm³/mol. The second kappa shape index (κ2) is 12.6. The highest BCUT2D eigenvalue weighted by Crippen LogP contribution is 2.16. The number of benzene rings is 2. The normalized spacial score (nSPS) is 10.6. The van der Waals surface area contributed by atoms with E-state index in [1.54, 1.807) is 6.92 Å². The third-order valence-electron chi connectivity index (χ3n) is 4.83. The summed E-state index contributed by atoms with van der Waals surface area (Å²) in [5.41, 5.74) is 1.62. The van der Waals surface area contributed by atoms with Crippen LogP contribution in [-0.2, 0) is 22.5 Å². The number of thioether (sulfide) groups is 1. The predicted octanol–water partition coefficient (Wildman–Crippen LogP) is 3.31. The minimum Gasteiger partial charge on any atom is -0.465 e. The molecule has 0 aliphatic rings. The molecule has 1 N–H and O–H groups in total. The van der Waals surface area contributed by atoms with Gasteiger partial charge in [-0.05, 0) is 30.9 Å². The highest BCUT2D eigenvalue weighted by atomic mass is 32.2. The largest absolute Gasteiger partial charge is 0.465 e. The van der Waals surface area contributed by atoms with Crippen molar-refractivity contribution in [1.29, 1.82) is 0 Å². The average molecular weight is 466 g/mol.